The van der Waals surface area contributed by atoms with Crippen LogP contribution in [-0.4, -0.2) is 33.1 Å². The average Bonchev–Trinajstić information content (AvgIpc) is 2.90. The zero-order chi connectivity index (χ0) is 15.2. The first-order valence-electron chi connectivity index (χ1n) is 6.49. The predicted molar refractivity (Wildman–Crippen MR) is 77.0 cm³/mol. The Labute approximate surface area is 122 Å². The molecule has 0 fully saturated rings. The maximum Gasteiger partial charge on any atom is 0.239 e. The molecule has 0 radical (unpaired) electrons. The molecule has 2 N–H and O–H groups in total. The molecule has 0 spiro atoms. The van der Waals surface area contributed by atoms with Gasteiger partial charge < -0.3 is 10.6 Å². The van der Waals surface area contributed by atoms with Crippen molar-refractivity contribution in [1.29, 1.82) is 0 Å². The van der Waals surface area contributed by atoms with Crippen molar-refractivity contribution in [3.05, 3.63) is 36.3 Å². The standard InChI is InChI=1S/C14H17N5O2/c1-10(20)15-8-14(21)17-6-11-3-4-13(16-5-11)12-7-18-19(2)9-12/h3-5,7,9H,6,8H2,1-2H3,(H,15,20)(H,17,21). The molecule has 0 atom stereocenters. The molecular formula is C14H17N5O2. The van der Waals surface area contributed by atoms with E-state index in [1.807, 2.05) is 25.4 Å². The summed E-state index contributed by atoms with van der Waals surface area (Å²) in [5.41, 5.74) is 2.66. The van der Waals surface area contributed by atoms with Gasteiger partial charge in [0.25, 0.3) is 0 Å². The van der Waals surface area contributed by atoms with E-state index in [0.717, 1.165) is 16.8 Å². The third kappa shape index (κ3) is 4.41. The molecular weight excluding hydrogens is 270 g/mol. The van der Waals surface area contributed by atoms with Crippen LogP contribution in [0.4, 0.5) is 0 Å². The minimum atomic E-state index is -0.235. The number of hydrogen-bond donors (Lipinski definition) is 2. The number of pyridine rings is 1. The van der Waals surface area contributed by atoms with E-state index in [2.05, 4.69) is 20.7 Å². The fourth-order valence-corrected chi connectivity index (χ4v) is 1.72. The van der Waals surface area contributed by atoms with Gasteiger partial charge in [-0.05, 0) is 11.6 Å². The van der Waals surface area contributed by atoms with E-state index in [4.69, 9.17) is 0 Å². The van der Waals surface area contributed by atoms with Gasteiger partial charge in [-0.15, -0.1) is 0 Å². The Morgan fingerprint density at radius 1 is 1.24 bits per heavy atom. The Morgan fingerprint density at radius 2 is 2.05 bits per heavy atom. The van der Waals surface area contributed by atoms with Crippen LogP contribution < -0.4 is 10.6 Å². The number of amides is 2. The van der Waals surface area contributed by atoms with Gasteiger partial charge in [0.05, 0.1) is 18.4 Å². The largest absolute Gasteiger partial charge is 0.350 e. The summed E-state index contributed by atoms with van der Waals surface area (Å²) in [5, 5.41) is 9.24. The van der Waals surface area contributed by atoms with E-state index < -0.39 is 0 Å². The van der Waals surface area contributed by atoms with Gasteiger partial charge in [0.2, 0.25) is 11.8 Å². The highest BCUT2D eigenvalue weighted by molar-refractivity contribution is 5.83. The maximum atomic E-state index is 11.5. The molecule has 110 valence electrons. The molecule has 0 aliphatic carbocycles. The van der Waals surface area contributed by atoms with Gasteiger partial charge in [0.1, 0.15) is 0 Å². The lowest BCUT2D eigenvalue weighted by molar-refractivity contribution is -0.125. The molecule has 2 aromatic heterocycles. The summed E-state index contributed by atoms with van der Waals surface area (Å²) in [6.07, 6.45) is 5.34. The number of nitrogens with zero attached hydrogens (tertiary/aromatic N) is 3. The summed E-state index contributed by atoms with van der Waals surface area (Å²) in [4.78, 5) is 26.5. The quantitative estimate of drug-likeness (QED) is 0.824. The van der Waals surface area contributed by atoms with Gasteiger partial charge >= 0.3 is 0 Å². The monoisotopic (exact) mass is 287 g/mol. The van der Waals surface area contributed by atoms with Crippen molar-refractivity contribution >= 4 is 11.8 Å². The summed E-state index contributed by atoms with van der Waals surface area (Å²) in [6.45, 7) is 1.73. The Morgan fingerprint density at radius 3 is 2.62 bits per heavy atom. The lowest BCUT2D eigenvalue weighted by atomic mass is 10.2. The molecule has 2 rings (SSSR count). The van der Waals surface area contributed by atoms with E-state index in [1.165, 1.54) is 6.92 Å². The van der Waals surface area contributed by atoms with E-state index >= 15 is 0 Å². The zero-order valence-electron chi connectivity index (χ0n) is 12.0. The topological polar surface area (TPSA) is 88.9 Å². The van der Waals surface area contributed by atoms with Crippen LogP contribution in [0.3, 0.4) is 0 Å². The van der Waals surface area contributed by atoms with Gasteiger partial charge in [0.15, 0.2) is 0 Å². The first-order valence-corrected chi connectivity index (χ1v) is 6.49. The van der Waals surface area contributed by atoms with Gasteiger partial charge in [-0.25, -0.2) is 0 Å². The van der Waals surface area contributed by atoms with Crippen molar-refractivity contribution in [2.45, 2.75) is 13.5 Å². The summed E-state index contributed by atoms with van der Waals surface area (Å²) in [5.74, 6) is -0.464. The Bertz CT molecular complexity index is 633. The molecule has 0 aliphatic heterocycles. The number of rotatable bonds is 5. The van der Waals surface area contributed by atoms with E-state index in [9.17, 15) is 9.59 Å². The second-order valence-corrected chi connectivity index (χ2v) is 4.64. The van der Waals surface area contributed by atoms with Crippen molar-refractivity contribution in [3.8, 4) is 11.3 Å². The van der Waals surface area contributed by atoms with Crippen molar-refractivity contribution in [1.82, 2.24) is 25.4 Å². The van der Waals surface area contributed by atoms with Crippen LogP contribution in [0.25, 0.3) is 11.3 Å². The minimum Gasteiger partial charge on any atom is -0.350 e. The highest BCUT2D eigenvalue weighted by atomic mass is 16.2. The number of hydrogen-bond acceptors (Lipinski definition) is 4. The molecule has 0 saturated carbocycles. The van der Waals surface area contributed by atoms with Crippen LogP contribution in [0.2, 0.25) is 0 Å². The Hall–Kier alpha value is -2.70. The highest BCUT2D eigenvalue weighted by Gasteiger charge is 2.04. The van der Waals surface area contributed by atoms with Crippen LogP contribution >= 0.6 is 0 Å². The zero-order valence-corrected chi connectivity index (χ0v) is 12.0. The van der Waals surface area contributed by atoms with Crippen molar-refractivity contribution in [3.63, 3.8) is 0 Å². The van der Waals surface area contributed by atoms with Gasteiger partial charge in [-0.2, -0.15) is 5.10 Å². The second-order valence-electron chi connectivity index (χ2n) is 4.64. The summed E-state index contributed by atoms with van der Waals surface area (Å²) >= 11 is 0. The number of nitrogens with one attached hydrogen (secondary N) is 2. The first-order chi connectivity index (χ1) is 10.0. The number of aromatic nitrogens is 3. The highest BCUT2D eigenvalue weighted by Crippen LogP contribution is 2.15. The molecule has 2 aromatic rings. The molecule has 0 aromatic carbocycles. The van der Waals surface area contributed by atoms with Crippen molar-refractivity contribution in [2.24, 2.45) is 7.05 Å². The van der Waals surface area contributed by atoms with Gasteiger partial charge in [0, 0.05) is 38.5 Å². The molecule has 0 unspecified atom stereocenters. The fourth-order valence-electron chi connectivity index (χ4n) is 1.72. The molecule has 7 heteroatoms. The summed E-state index contributed by atoms with van der Waals surface area (Å²) < 4.78 is 1.72. The van der Waals surface area contributed by atoms with Crippen LogP contribution in [0, 0.1) is 0 Å². The van der Waals surface area contributed by atoms with Crippen molar-refractivity contribution in [2.75, 3.05) is 6.54 Å². The predicted octanol–water partition coefficient (Wildman–Crippen LogP) is 0.234. The fraction of sp³-hybridized carbons (Fsp3) is 0.286. The van der Waals surface area contributed by atoms with Crippen LogP contribution in [0.15, 0.2) is 30.7 Å². The second kappa shape index (κ2) is 6.65. The van der Waals surface area contributed by atoms with E-state index in [1.54, 1.807) is 17.1 Å². The normalized spacial score (nSPS) is 10.2. The molecule has 2 amide bonds. The summed E-state index contributed by atoms with van der Waals surface area (Å²) in [6, 6.07) is 3.78. The third-order valence-corrected chi connectivity index (χ3v) is 2.81. The number of aryl methyl sites for hydroxylation is 1. The van der Waals surface area contributed by atoms with E-state index in [0.29, 0.717) is 6.54 Å². The minimum absolute atomic E-state index is 0.0173. The molecule has 0 saturated heterocycles. The Kier molecular flexibility index (Phi) is 4.65. The summed E-state index contributed by atoms with van der Waals surface area (Å²) in [7, 11) is 1.85. The Balaban J connectivity index is 1.88. The van der Waals surface area contributed by atoms with Crippen LogP contribution in [0.5, 0.6) is 0 Å². The maximum absolute atomic E-state index is 11.5. The molecule has 2 heterocycles. The van der Waals surface area contributed by atoms with Crippen LogP contribution in [-0.2, 0) is 23.2 Å². The number of carbonyl (C=O) groups is 2. The van der Waals surface area contributed by atoms with Gasteiger partial charge in [-0.1, -0.05) is 6.07 Å². The number of carbonyl (C=O) groups excluding carboxylic acids is 2. The average molecular weight is 287 g/mol. The van der Waals surface area contributed by atoms with Crippen LogP contribution in [0.1, 0.15) is 12.5 Å². The molecule has 7 nitrogen and oxygen atoms in total. The molecule has 0 aliphatic rings. The molecule has 0 bridgehead atoms. The third-order valence-electron chi connectivity index (χ3n) is 2.81. The lowest BCUT2D eigenvalue weighted by Crippen LogP contribution is -2.35. The SMILES string of the molecule is CC(=O)NCC(=O)NCc1ccc(-c2cnn(C)c2)nc1. The lowest BCUT2D eigenvalue weighted by Gasteiger charge is -2.06. The van der Waals surface area contributed by atoms with Gasteiger partial charge in [-0.3, -0.25) is 19.3 Å². The van der Waals surface area contributed by atoms with E-state index in [-0.39, 0.29) is 18.4 Å². The smallest absolute Gasteiger partial charge is 0.239 e. The van der Waals surface area contributed by atoms with Crippen molar-refractivity contribution < 1.29 is 9.59 Å². The molecule has 21 heavy (non-hydrogen) atoms. The first kappa shape index (κ1) is 14.7.